The van der Waals surface area contributed by atoms with Crippen LogP contribution in [0.3, 0.4) is 0 Å². The number of piperidine rings is 1. The van der Waals surface area contributed by atoms with Crippen molar-refractivity contribution in [2.45, 2.75) is 18.9 Å². The topological polar surface area (TPSA) is 54.0 Å². The normalized spacial score (nSPS) is 15.3. The molecule has 1 aliphatic heterocycles. The first-order chi connectivity index (χ1) is 7.36. The van der Waals surface area contributed by atoms with Gasteiger partial charge in [-0.2, -0.15) is 0 Å². The van der Waals surface area contributed by atoms with Crippen LogP contribution in [0.25, 0.3) is 0 Å². The summed E-state index contributed by atoms with van der Waals surface area (Å²) in [6.07, 6.45) is 5.29. The fourth-order valence-electron chi connectivity index (χ4n) is 1.74. The first kappa shape index (κ1) is 16.2. The van der Waals surface area contributed by atoms with E-state index in [2.05, 4.69) is 15.6 Å². The molecule has 1 aliphatic rings. The zero-order valence-corrected chi connectivity index (χ0v) is 11.0. The second kappa shape index (κ2) is 8.28. The number of rotatable bonds is 2. The smallest absolute Gasteiger partial charge is 0.251 e. The standard InChI is InChI=1S/C11H15N3O.2ClH/c15-11(9-1-5-12-6-2-9)14-10-3-7-13-8-4-10;;/h1-2,5-6,10,13H,3-4,7-8H2,(H,14,15);2*1H. The number of halogens is 2. The van der Waals surface area contributed by atoms with Crippen molar-refractivity contribution in [2.24, 2.45) is 0 Å². The van der Waals surface area contributed by atoms with Gasteiger partial charge in [0.25, 0.3) is 5.91 Å². The third-order valence-corrected chi connectivity index (χ3v) is 2.62. The quantitative estimate of drug-likeness (QED) is 0.860. The van der Waals surface area contributed by atoms with Gasteiger partial charge in [-0.3, -0.25) is 9.78 Å². The Balaban J connectivity index is 0.00000128. The van der Waals surface area contributed by atoms with E-state index < -0.39 is 0 Å². The van der Waals surface area contributed by atoms with Crippen molar-refractivity contribution < 1.29 is 4.79 Å². The van der Waals surface area contributed by atoms with Crippen molar-refractivity contribution >= 4 is 30.7 Å². The van der Waals surface area contributed by atoms with Crippen LogP contribution in [0, 0.1) is 0 Å². The predicted molar refractivity (Wildman–Crippen MR) is 72.1 cm³/mol. The SMILES string of the molecule is Cl.Cl.O=C(NC1CCNCC1)c1ccncc1. The zero-order chi connectivity index (χ0) is 10.5. The summed E-state index contributed by atoms with van der Waals surface area (Å²) in [5.41, 5.74) is 0.684. The molecule has 0 saturated carbocycles. The molecule has 4 nitrogen and oxygen atoms in total. The molecule has 0 aromatic carbocycles. The molecule has 0 unspecified atom stereocenters. The van der Waals surface area contributed by atoms with E-state index in [-0.39, 0.29) is 30.7 Å². The van der Waals surface area contributed by atoms with Crippen LogP contribution in [0.15, 0.2) is 24.5 Å². The van der Waals surface area contributed by atoms with E-state index >= 15 is 0 Å². The van der Waals surface area contributed by atoms with Crippen LogP contribution in [0.5, 0.6) is 0 Å². The van der Waals surface area contributed by atoms with E-state index in [0.717, 1.165) is 25.9 Å². The van der Waals surface area contributed by atoms with Crippen molar-refractivity contribution in [2.75, 3.05) is 13.1 Å². The maximum Gasteiger partial charge on any atom is 0.251 e. The van der Waals surface area contributed by atoms with E-state index in [4.69, 9.17) is 0 Å². The van der Waals surface area contributed by atoms with Gasteiger partial charge < -0.3 is 10.6 Å². The van der Waals surface area contributed by atoms with Gasteiger partial charge in [0.1, 0.15) is 0 Å². The molecule has 17 heavy (non-hydrogen) atoms. The summed E-state index contributed by atoms with van der Waals surface area (Å²) >= 11 is 0. The number of hydrogen-bond acceptors (Lipinski definition) is 3. The Labute approximate surface area is 113 Å². The van der Waals surface area contributed by atoms with Crippen LogP contribution in [0.2, 0.25) is 0 Å². The molecule has 1 aromatic rings. The molecule has 0 spiro atoms. The van der Waals surface area contributed by atoms with Gasteiger partial charge in [-0.05, 0) is 38.1 Å². The molecule has 2 N–H and O–H groups in total. The largest absolute Gasteiger partial charge is 0.349 e. The minimum Gasteiger partial charge on any atom is -0.349 e. The third-order valence-electron chi connectivity index (χ3n) is 2.62. The molecule has 2 rings (SSSR count). The van der Waals surface area contributed by atoms with E-state index in [1.165, 1.54) is 0 Å². The van der Waals surface area contributed by atoms with Gasteiger partial charge in [0.2, 0.25) is 0 Å². The number of carbonyl (C=O) groups is 1. The van der Waals surface area contributed by atoms with Crippen molar-refractivity contribution in [1.82, 2.24) is 15.6 Å². The summed E-state index contributed by atoms with van der Waals surface area (Å²) in [4.78, 5) is 15.6. The van der Waals surface area contributed by atoms with Crippen LogP contribution in [-0.2, 0) is 0 Å². The number of carbonyl (C=O) groups excluding carboxylic acids is 1. The minimum absolute atomic E-state index is 0. The number of amides is 1. The lowest BCUT2D eigenvalue weighted by molar-refractivity contribution is 0.0929. The molecule has 1 saturated heterocycles. The fourth-order valence-corrected chi connectivity index (χ4v) is 1.74. The van der Waals surface area contributed by atoms with Crippen molar-refractivity contribution in [1.29, 1.82) is 0 Å². The fraction of sp³-hybridized carbons (Fsp3) is 0.455. The lowest BCUT2D eigenvalue weighted by Crippen LogP contribution is -2.42. The van der Waals surface area contributed by atoms with Gasteiger partial charge in [-0.1, -0.05) is 0 Å². The minimum atomic E-state index is 0. The third kappa shape index (κ3) is 4.89. The summed E-state index contributed by atoms with van der Waals surface area (Å²) in [5, 5.41) is 6.29. The highest BCUT2D eigenvalue weighted by Gasteiger charge is 2.15. The first-order valence-electron chi connectivity index (χ1n) is 5.28. The Hall–Kier alpha value is -0.840. The van der Waals surface area contributed by atoms with E-state index in [1.807, 2.05) is 0 Å². The average molecular weight is 278 g/mol. The number of hydrogen-bond donors (Lipinski definition) is 2. The second-order valence-corrected chi connectivity index (χ2v) is 3.73. The van der Waals surface area contributed by atoms with E-state index in [9.17, 15) is 4.79 Å². The van der Waals surface area contributed by atoms with E-state index in [0.29, 0.717) is 11.6 Å². The molecule has 2 heterocycles. The second-order valence-electron chi connectivity index (χ2n) is 3.73. The Kier molecular flexibility index (Phi) is 7.87. The number of pyridine rings is 1. The summed E-state index contributed by atoms with van der Waals surface area (Å²) < 4.78 is 0. The Morgan fingerprint density at radius 3 is 2.41 bits per heavy atom. The average Bonchev–Trinajstić information content (AvgIpc) is 2.31. The Morgan fingerprint density at radius 1 is 1.24 bits per heavy atom. The Morgan fingerprint density at radius 2 is 1.82 bits per heavy atom. The van der Waals surface area contributed by atoms with Crippen molar-refractivity contribution in [3.8, 4) is 0 Å². The molecule has 0 atom stereocenters. The van der Waals surface area contributed by atoms with Crippen molar-refractivity contribution in [3.05, 3.63) is 30.1 Å². The summed E-state index contributed by atoms with van der Waals surface area (Å²) in [7, 11) is 0. The molecule has 96 valence electrons. The van der Waals surface area contributed by atoms with Crippen LogP contribution in [0.4, 0.5) is 0 Å². The van der Waals surface area contributed by atoms with Gasteiger partial charge in [-0.15, -0.1) is 24.8 Å². The summed E-state index contributed by atoms with van der Waals surface area (Å²) in [6, 6.07) is 3.78. The van der Waals surface area contributed by atoms with Crippen LogP contribution < -0.4 is 10.6 Å². The highest BCUT2D eigenvalue weighted by atomic mass is 35.5. The molecular formula is C11H17Cl2N3O. The summed E-state index contributed by atoms with van der Waals surface area (Å²) in [6.45, 7) is 1.97. The van der Waals surface area contributed by atoms with Gasteiger partial charge in [-0.25, -0.2) is 0 Å². The van der Waals surface area contributed by atoms with Crippen LogP contribution in [0.1, 0.15) is 23.2 Å². The molecular weight excluding hydrogens is 261 g/mol. The first-order valence-corrected chi connectivity index (χ1v) is 5.28. The molecule has 0 aliphatic carbocycles. The highest BCUT2D eigenvalue weighted by molar-refractivity contribution is 5.94. The number of aromatic nitrogens is 1. The highest BCUT2D eigenvalue weighted by Crippen LogP contribution is 2.04. The van der Waals surface area contributed by atoms with Gasteiger partial charge in [0.15, 0.2) is 0 Å². The summed E-state index contributed by atoms with van der Waals surface area (Å²) in [5.74, 6) is 0.00398. The maximum absolute atomic E-state index is 11.8. The maximum atomic E-state index is 11.8. The van der Waals surface area contributed by atoms with Crippen LogP contribution >= 0.6 is 24.8 Å². The van der Waals surface area contributed by atoms with E-state index in [1.54, 1.807) is 24.5 Å². The molecule has 0 bridgehead atoms. The van der Waals surface area contributed by atoms with Gasteiger partial charge in [0.05, 0.1) is 0 Å². The molecule has 6 heteroatoms. The lowest BCUT2D eigenvalue weighted by Gasteiger charge is -2.23. The van der Waals surface area contributed by atoms with Crippen molar-refractivity contribution in [3.63, 3.8) is 0 Å². The number of nitrogens with one attached hydrogen (secondary N) is 2. The molecule has 1 fully saturated rings. The lowest BCUT2D eigenvalue weighted by atomic mass is 10.1. The molecule has 0 radical (unpaired) electrons. The van der Waals surface area contributed by atoms with Gasteiger partial charge >= 0.3 is 0 Å². The predicted octanol–water partition coefficient (Wildman–Crippen LogP) is 1.41. The van der Waals surface area contributed by atoms with Crippen LogP contribution in [-0.4, -0.2) is 30.0 Å². The monoisotopic (exact) mass is 277 g/mol. The molecule has 1 aromatic heterocycles. The zero-order valence-electron chi connectivity index (χ0n) is 9.39. The van der Waals surface area contributed by atoms with Gasteiger partial charge in [0, 0.05) is 24.0 Å². The Bertz CT molecular complexity index is 329. The molecule has 1 amide bonds. The number of nitrogens with zero attached hydrogens (tertiary/aromatic N) is 1.